The number of amides is 1. The number of rotatable bonds is 5. The average Bonchev–Trinajstić information content (AvgIpc) is 2.27. The van der Waals surface area contributed by atoms with Crippen LogP contribution in [0.4, 0.5) is 5.69 Å². The molecular weight excluding hydrogens is 222 g/mol. The van der Waals surface area contributed by atoms with Crippen LogP contribution in [0.15, 0.2) is 18.3 Å². The van der Waals surface area contributed by atoms with E-state index in [0.717, 1.165) is 11.5 Å². The minimum atomic E-state index is -0.149. The number of nitrogens with one attached hydrogen (secondary N) is 1. The summed E-state index contributed by atoms with van der Waals surface area (Å²) in [6.07, 6.45) is 1.49. The summed E-state index contributed by atoms with van der Waals surface area (Å²) in [5.41, 5.74) is 6.46. The molecule has 4 nitrogen and oxygen atoms in total. The number of hydrogen-bond donors (Lipinski definition) is 2. The number of pyridine rings is 1. The first-order valence-corrected chi connectivity index (χ1v) is 6.39. The van der Waals surface area contributed by atoms with Gasteiger partial charge in [-0.25, -0.2) is 4.98 Å². The quantitative estimate of drug-likeness (QED) is 0.817. The number of nitrogens with two attached hydrogens (primary N) is 1. The molecule has 0 radical (unpaired) electrons. The molecule has 0 saturated carbocycles. The van der Waals surface area contributed by atoms with Crippen molar-refractivity contribution in [3.8, 4) is 0 Å². The second-order valence-corrected chi connectivity index (χ2v) is 4.83. The van der Waals surface area contributed by atoms with Crippen LogP contribution in [-0.2, 0) is 0 Å². The molecule has 0 saturated heterocycles. The van der Waals surface area contributed by atoms with Crippen molar-refractivity contribution in [2.45, 2.75) is 19.9 Å². The molecule has 88 valence electrons. The number of thioether (sulfide) groups is 1. The highest BCUT2D eigenvalue weighted by atomic mass is 32.2. The van der Waals surface area contributed by atoms with E-state index in [0.29, 0.717) is 11.4 Å². The van der Waals surface area contributed by atoms with E-state index in [9.17, 15) is 4.79 Å². The van der Waals surface area contributed by atoms with Gasteiger partial charge in [-0.2, -0.15) is 11.8 Å². The van der Waals surface area contributed by atoms with Gasteiger partial charge in [-0.1, -0.05) is 6.92 Å². The summed E-state index contributed by atoms with van der Waals surface area (Å²) < 4.78 is 0. The molecular formula is C11H17N3OS. The molecule has 0 aliphatic heterocycles. The van der Waals surface area contributed by atoms with E-state index in [2.05, 4.69) is 17.2 Å². The topological polar surface area (TPSA) is 68.0 Å². The Morgan fingerprint density at radius 1 is 1.62 bits per heavy atom. The van der Waals surface area contributed by atoms with Gasteiger partial charge in [0.05, 0.1) is 11.9 Å². The van der Waals surface area contributed by atoms with Crippen LogP contribution in [0.25, 0.3) is 0 Å². The van der Waals surface area contributed by atoms with Crippen LogP contribution < -0.4 is 11.1 Å². The van der Waals surface area contributed by atoms with Gasteiger partial charge in [0.2, 0.25) is 0 Å². The predicted octanol–water partition coefficient (Wildman–Crippen LogP) is 1.54. The van der Waals surface area contributed by atoms with Gasteiger partial charge < -0.3 is 11.1 Å². The first kappa shape index (κ1) is 12.8. The lowest BCUT2D eigenvalue weighted by molar-refractivity contribution is 0.0939. The van der Waals surface area contributed by atoms with Crippen LogP contribution in [0.1, 0.15) is 24.3 Å². The van der Waals surface area contributed by atoms with Gasteiger partial charge in [-0.3, -0.25) is 4.79 Å². The van der Waals surface area contributed by atoms with Gasteiger partial charge in [-0.05, 0) is 24.8 Å². The Kier molecular flexibility index (Phi) is 5.11. The highest BCUT2D eigenvalue weighted by Gasteiger charge is 2.10. The zero-order chi connectivity index (χ0) is 12.0. The highest BCUT2D eigenvalue weighted by Crippen LogP contribution is 2.04. The maximum absolute atomic E-state index is 11.7. The van der Waals surface area contributed by atoms with Crippen LogP contribution in [0.3, 0.4) is 0 Å². The van der Waals surface area contributed by atoms with Crippen LogP contribution in [0.5, 0.6) is 0 Å². The van der Waals surface area contributed by atoms with Gasteiger partial charge >= 0.3 is 0 Å². The van der Waals surface area contributed by atoms with E-state index < -0.39 is 0 Å². The van der Waals surface area contributed by atoms with E-state index in [1.807, 2.05) is 6.92 Å². The van der Waals surface area contributed by atoms with Crippen molar-refractivity contribution in [2.75, 3.05) is 17.2 Å². The van der Waals surface area contributed by atoms with Crippen LogP contribution >= 0.6 is 11.8 Å². The van der Waals surface area contributed by atoms with E-state index in [4.69, 9.17) is 5.73 Å². The maximum Gasteiger partial charge on any atom is 0.270 e. The lowest BCUT2D eigenvalue weighted by atomic mass is 10.3. The van der Waals surface area contributed by atoms with Gasteiger partial charge in [0, 0.05) is 11.8 Å². The molecule has 1 rings (SSSR count). The summed E-state index contributed by atoms with van der Waals surface area (Å²) in [5.74, 6) is 1.82. The average molecular weight is 239 g/mol. The number of carbonyl (C=O) groups is 1. The van der Waals surface area contributed by atoms with E-state index >= 15 is 0 Å². The molecule has 16 heavy (non-hydrogen) atoms. The van der Waals surface area contributed by atoms with Crippen LogP contribution in [0, 0.1) is 0 Å². The van der Waals surface area contributed by atoms with Gasteiger partial charge in [-0.15, -0.1) is 0 Å². The Balaban J connectivity index is 2.48. The van der Waals surface area contributed by atoms with Crippen molar-refractivity contribution in [1.82, 2.24) is 10.3 Å². The Bertz CT molecular complexity index is 340. The monoisotopic (exact) mass is 239 g/mol. The smallest absolute Gasteiger partial charge is 0.270 e. The Morgan fingerprint density at radius 3 is 2.94 bits per heavy atom. The van der Waals surface area contributed by atoms with Gasteiger partial charge in [0.25, 0.3) is 5.91 Å². The van der Waals surface area contributed by atoms with Gasteiger partial charge in [0.1, 0.15) is 5.69 Å². The largest absolute Gasteiger partial charge is 0.397 e. The van der Waals surface area contributed by atoms with Crippen LogP contribution in [-0.4, -0.2) is 28.4 Å². The number of nitrogen functional groups attached to an aromatic ring is 1. The normalized spacial score (nSPS) is 12.1. The molecule has 3 N–H and O–H groups in total. The molecule has 1 unspecified atom stereocenters. The second kappa shape index (κ2) is 6.37. The molecule has 1 aromatic heterocycles. The molecule has 0 aliphatic rings. The van der Waals surface area contributed by atoms with E-state index in [1.54, 1.807) is 23.9 Å². The molecule has 0 bridgehead atoms. The fourth-order valence-corrected chi connectivity index (χ4v) is 1.85. The fraction of sp³-hybridized carbons (Fsp3) is 0.455. The molecule has 1 aromatic rings. The molecule has 0 aromatic carbocycles. The molecule has 1 amide bonds. The number of hydrogen-bond acceptors (Lipinski definition) is 4. The Morgan fingerprint density at radius 2 is 2.38 bits per heavy atom. The lowest BCUT2D eigenvalue weighted by Gasteiger charge is -2.12. The highest BCUT2D eigenvalue weighted by molar-refractivity contribution is 7.99. The summed E-state index contributed by atoms with van der Waals surface area (Å²) >= 11 is 1.80. The third kappa shape index (κ3) is 4.10. The zero-order valence-electron chi connectivity index (χ0n) is 9.56. The minimum absolute atomic E-state index is 0.149. The first-order chi connectivity index (χ1) is 7.63. The maximum atomic E-state index is 11.7. The van der Waals surface area contributed by atoms with Gasteiger partial charge in [0.15, 0.2) is 0 Å². The molecule has 0 fully saturated rings. The van der Waals surface area contributed by atoms with E-state index in [-0.39, 0.29) is 11.9 Å². The first-order valence-electron chi connectivity index (χ1n) is 5.23. The standard InChI is InChI=1S/C11H17N3OS/c1-3-16-7-8(2)14-11(15)10-5-4-9(12)6-13-10/h4-6,8H,3,7,12H2,1-2H3,(H,14,15). The van der Waals surface area contributed by atoms with Crippen molar-refractivity contribution < 1.29 is 4.79 Å². The van der Waals surface area contributed by atoms with Crippen molar-refractivity contribution in [3.63, 3.8) is 0 Å². The Labute approximate surface area is 100 Å². The van der Waals surface area contributed by atoms with Crippen molar-refractivity contribution >= 4 is 23.4 Å². The molecule has 1 atom stereocenters. The SMILES string of the molecule is CCSCC(C)NC(=O)c1ccc(N)cn1. The number of nitrogens with zero attached hydrogens (tertiary/aromatic N) is 1. The molecule has 1 heterocycles. The fourth-order valence-electron chi connectivity index (χ4n) is 1.17. The third-order valence-electron chi connectivity index (χ3n) is 1.97. The van der Waals surface area contributed by atoms with Crippen molar-refractivity contribution in [1.29, 1.82) is 0 Å². The van der Waals surface area contributed by atoms with Crippen molar-refractivity contribution in [2.24, 2.45) is 0 Å². The molecule has 0 aliphatic carbocycles. The number of anilines is 1. The predicted molar refractivity (Wildman–Crippen MR) is 68.6 cm³/mol. The number of aromatic nitrogens is 1. The third-order valence-corrected chi connectivity index (χ3v) is 3.11. The summed E-state index contributed by atoms with van der Waals surface area (Å²) in [5, 5.41) is 2.89. The second-order valence-electron chi connectivity index (χ2n) is 3.51. The lowest BCUT2D eigenvalue weighted by Crippen LogP contribution is -2.34. The Hall–Kier alpha value is -1.23. The summed E-state index contributed by atoms with van der Waals surface area (Å²) in [6, 6.07) is 3.45. The summed E-state index contributed by atoms with van der Waals surface area (Å²) in [7, 11) is 0. The molecule has 0 spiro atoms. The summed E-state index contributed by atoms with van der Waals surface area (Å²) in [6.45, 7) is 4.08. The van der Waals surface area contributed by atoms with Crippen LogP contribution in [0.2, 0.25) is 0 Å². The van der Waals surface area contributed by atoms with Crippen molar-refractivity contribution in [3.05, 3.63) is 24.0 Å². The van der Waals surface area contributed by atoms with E-state index in [1.165, 1.54) is 6.20 Å². The summed E-state index contributed by atoms with van der Waals surface area (Å²) in [4.78, 5) is 15.7. The number of carbonyl (C=O) groups excluding carboxylic acids is 1. The molecule has 5 heteroatoms. The zero-order valence-corrected chi connectivity index (χ0v) is 10.4. The minimum Gasteiger partial charge on any atom is -0.397 e.